The minimum atomic E-state index is 0.538. The van der Waals surface area contributed by atoms with Crippen molar-refractivity contribution in [2.45, 2.75) is 18.8 Å². The van der Waals surface area contributed by atoms with Gasteiger partial charge in [-0.15, -0.1) is 11.3 Å². The molecule has 76 valence electrons. The molecule has 0 fully saturated rings. The predicted molar refractivity (Wildman–Crippen MR) is 63.1 cm³/mol. The van der Waals surface area contributed by atoms with Crippen LogP contribution in [0.15, 0.2) is 29.6 Å². The Morgan fingerprint density at radius 3 is 2.40 bits per heavy atom. The van der Waals surface area contributed by atoms with Crippen LogP contribution in [0.3, 0.4) is 0 Å². The largest absolute Gasteiger partial charge is 0.375 e. The second-order valence-electron chi connectivity index (χ2n) is 3.98. The third kappa shape index (κ3) is 1.53. The number of hydrogen-bond acceptors (Lipinski definition) is 3. The van der Waals surface area contributed by atoms with Crippen molar-refractivity contribution in [3.8, 4) is 0 Å². The van der Waals surface area contributed by atoms with E-state index < -0.39 is 0 Å². The number of fused-ring (bicyclic) bond motifs is 1. The molecule has 3 rings (SSSR count). The lowest BCUT2D eigenvalue weighted by atomic mass is 10.0. The van der Waals surface area contributed by atoms with E-state index >= 15 is 0 Å². The number of benzene rings is 1. The van der Waals surface area contributed by atoms with E-state index in [2.05, 4.69) is 34.6 Å². The van der Waals surface area contributed by atoms with Crippen molar-refractivity contribution >= 4 is 16.5 Å². The second kappa shape index (κ2) is 3.35. The van der Waals surface area contributed by atoms with Gasteiger partial charge in [0.15, 0.2) is 5.13 Å². The van der Waals surface area contributed by atoms with Crippen LogP contribution in [-0.4, -0.2) is 4.98 Å². The fourth-order valence-corrected chi connectivity index (χ4v) is 2.90. The molecule has 0 spiro atoms. The highest BCUT2D eigenvalue weighted by atomic mass is 32.1. The first-order valence-corrected chi connectivity index (χ1v) is 5.98. The molecule has 0 amide bonds. The van der Waals surface area contributed by atoms with Crippen LogP contribution < -0.4 is 5.73 Å². The quantitative estimate of drug-likeness (QED) is 0.795. The van der Waals surface area contributed by atoms with Crippen molar-refractivity contribution in [3.05, 3.63) is 46.5 Å². The first-order valence-electron chi connectivity index (χ1n) is 5.10. The molecule has 1 aliphatic carbocycles. The number of rotatable bonds is 1. The Morgan fingerprint density at radius 1 is 1.20 bits per heavy atom. The molecule has 1 heterocycles. The van der Waals surface area contributed by atoms with Gasteiger partial charge in [0.25, 0.3) is 0 Å². The van der Waals surface area contributed by atoms with E-state index in [1.807, 2.05) is 0 Å². The summed E-state index contributed by atoms with van der Waals surface area (Å²) in [6, 6.07) is 8.64. The first kappa shape index (κ1) is 8.92. The van der Waals surface area contributed by atoms with Gasteiger partial charge in [-0.2, -0.15) is 0 Å². The smallest absolute Gasteiger partial charge is 0.180 e. The topological polar surface area (TPSA) is 38.9 Å². The monoisotopic (exact) mass is 216 g/mol. The summed E-state index contributed by atoms with van der Waals surface area (Å²) in [4.78, 5) is 4.37. The van der Waals surface area contributed by atoms with Crippen molar-refractivity contribution in [1.82, 2.24) is 4.98 Å². The number of aromatic nitrogens is 1. The molecule has 0 atom stereocenters. The lowest BCUT2D eigenvalue weighted by Crippen LogP contribution is -1.98. The van der Waals surface area contributed by atoms with Gasteiger partial charge in [-0.05, 0) is 24.0 Å². The van der Waals surface area contributed by atoms with Crippen LogP contribution in [0, 0.1) is 0 Å². The van der Waals surface area contributed by atoms with E-state index in [-0.39, 0.29) is 0 Å². The van der Waals surface area contributed by atoms with Gasteiger partial charge in [0.2, 0.25) is 0 Å². The Morgan fingerprint density at radius 2 is 1.87 bits per heavy atom. The molecule has 0 saturated heterocycles. The number of thiazole rings is 1. The van der Waals surface area contributed by atoms with Gasteiger partial charge in [0.1, 0.15) is 0 Å². The molecular weight excluding hydrogens is 204 g/mol. The number of hydrogen-bond donors (Lipinski definition) is 1. The molecule has 0 unspecified atom stereocenters. The maximum Gasteiger partial charge on any atom is 0.180 e. The van der Waals surface area contributed by atoms with Gasteiger partial charge in [0, 0.05) is 11.3 Å². The van der Waals surface area contributed by atoms with Crippen molar-refractivity contribution in [2.24, 2.45) is 0 Å². The van der Waals surface area contributed by atoms with Crippen LogP contribution in [0.1, 0.15) is 22.7 Å². The van der Waals surface area contributed by atoms with E-state index in [0.29, 0.717) is 11.0 Å². The van der Waals surface area contributed by atoms with E-state index in [1.165, 1.54) is 22.5 Å². The Kier molecular flexibility index (Phi) is 1.99. The van der Waals surface area contributed by atoms with Crippen LogP contribution in [-0.2, 0) is 12.8 Å². The Labute approximate surface area is 92.8 Å². The normalized spacial score (nSPS) is 15.5. The maximum atomic E-state index is 5.66. The Bertz CT molecular complexity index is 465. The van der Waals surface area contributed by atoms with Crippen LogP contribution in [0.2, 0.25) is 0 Å². The molecule has 2 aromatic rings. The van der Waals surface area contributed by atoms with Crippen molar-refractivity contribution in [2.75, 3.05) is 5.73 Å². The molecule has 1 aromatic heterocycles. The van der Waals surface area contributed by atoms with E-state index in [0.717, 1.165) is 18.5 Å². The van der Waals surface area contributed by atoms with Crippen LogP contribution >= 0.6 is 11.3 Å². The maximum absolute atomic E-state index is 5.66. The molecule has 0 aliphatic heterocycles. The summed E-state index contributed by atoms with van der Waals surface area (Å²) in [5.41, 5.74) is 9.75. The fraction of sp³-hybridized carbons (Fsp3) is 0.250. The highest BCUT2D eigenvalue weighted by Crippen LogP contribution is 2.34. The lowest BCUT2D eigenvalue weighted by Gasteiger charge is -2.03. The first-order chi connectivity index (χ1) is 7.33. The average Bonchev–Trinajstić information content (AvgIpc) is 2.82. The van der Waals surface area contributed by atoms with Gasteiger partial charge in [-0.25, -0.2) is 4.98 Å². The molecular formula is C12H12N2S. The minimum absolute atomic E-state index is 0.538. The Hall–Kier alpha value is -1.35. The van der Waals surface area contributed by atoms with Gasteiger partial charge in [-0.3, -0.25) is 0 Å². The zero-order valence-electron chi connectivity index (χ0n) is 8.31. The van der Waals surface area contributed by atoms with Crippen LogP contribution in [0.25, 0.3) is 0 Å². The van der Waals surface area contributed by atoms with Gasteiger partial charge in [0.05, 0.1) is 5.69 Å². The number of nitrogen functional groups attached to an aromatic ring is 1. The van der Waals surface area contributed by atoms with Crippen LogP contribution in [0.5, 0.6) is 0 Å². The molecule has 2 nitrogen and oxygen atoms in total. The molecule has 1 aromatic carbocycles. The summed E-state index contributed by atoms with van der Waals surface area (Å²) in [5.74, 6) is 0.538. The second-order valence-corrected chi connectivity index (χ2v) is 4.87. The van der Waals surface area contributed by atoms with Crippen molar-refractivity contribution < 1.29 is 0 Å². The summed E-state index contributed by atoms with van der Waals surface area (Å²) >= 11 is 1.54. The summed E-state index contributed by atoms with van der Waals surface area (Å²) in [5, 5.41) is 2.77. The van der Waals surface area contributed by atoms with Crippen LogP contribution in [0.4, 0.5) is 5.13 Å². The number of nitrogens with zero attached hydrogens (tertiary/aromatic N) is 1. The van der Waals surface area contributed by atoms with E-state index in [9.17, 15) is 0 Å². The molecule has 0 bridgehead atoms. The predicted octanol–water partition coefficient (Wildman–Crippen LogP) is 2.61. The summed E-state index contributed by atoms with van der Waals surface area (Å²) < 4.78 is 0. The van der Waals surface area contributed by atoms with Crippen molar-refractivity contribution in [3.63, 3.8) is 0 Å². The zero-order chi connectivity index (χ0) is 10.3. The fourth-order valence-electron chi connectivity index (χ4n) is 2.26. The molecule has 0 saturated carbocycles. The summed E-state index contributed by atoms with van der Waals surface area (Å²) in [6.45, 7) is 0. The third-order valence-electron chi connectivity index (χ3n) is 3.01. The van der Waals surface area contributed by atoms with Gasteiger partial charge >= 0.3 is 0 Å². The number of anilines is 1. The highest BCUT2D eigenvalue weighted by Gasteiger charge is 2.23. The molecule has 15 heavy (non-hydrogen) atoms. The molecule has 1 aliphatic rings. The molecule has 0 radical (unpaired) electrons. The van der Waals surface area contributed by atoms with E-state index in [1.54, 1.807) is 0 Å². The summed E-state index contributed by atoms with van der Waals surface area (Å²) in [7, 11) is 0. The SMILES string of the molecule is Nc1nc(C2Cc3ccccc3C2)cs1. The van der Waals surface area contributed by atoms with Gasteiger partial charge < -0.3 is 5.73 Å². The number of nitrogens with two attached hydrogens (primary N) is 1. The zero-order valence-corrected chi connectivity index (χ0v) is 9.13. The lowest BCUT2D eigenvalue weighted by molar-refractivity contribution is 0.721. The highest BCUT2D eigenvalue weighted by molar-refractivity contribution is 7.13. The van der Waals surface area contributed by atoms with E-state index in [4.69, 9.17) is 5.73 Å². The standard InChI is InChI=1S/C12H12N2S/c13-12-14-11(7-15-12)10-5-8-3-1-2-4-9(8)6-10/h1-4,7,10H,5-6H2,(H2,13,14). The summed E-state index contributed by atoms with van der Waals surface area (Å²) in [6.07, 6.45) is 2.22. The Balaban J connectivity index is 1.90. The minimum Gasteiger partial charge on any atom is -0.375 e. The van der Waals surface area contributed by atoms with Gasteiger partial charge in [-0.1, -0.05) is 24.3 Å². The molecule has 2 N–H and O–H groups in total. The molecule has 3 heteroatoms. The average molecular weight is 216 g/mol. The van der Waals surface area contributed by atoms with Crippen molar-refractivity contribution in [1.29, 1.82) is 0 Å². The third-order valence-corrected chi connectivity index (χ3v) is 3.70.